The number of esters is 1. The summed E-state index contributed by atoms with van der Waals surface area (Å²) < 4.78 is 19.1. The highest BCUT2D eigenvalue weighted by Gasteiger charge is 2.52. The minimum absolute atomic E-state index is 0.0500. The number of ether oxygens (including phenoxy) is 2. The first-order valence-electron chi connectivity index (χ1n) is 21.8. The lowest BCUT2D eigenvalue weighted by Gasteiger charge is -2.41. The average Bonchev–Trinajstić information content (AvgIpc) is 3.74. The van der Waals surface area contributed by atoms with Gasteiger partial charge in [-0.05, 0) is 97.2 Å². The molecule has 1 heterocycles. The van der Waals surface area contributed by atoms with Gasteiger partial charge in [-0.1, -0.05) is 145 Å². The molecule has 0 amide bonds. The lowest BCUT2D eigenvalue weighted by Crippen LogP contribution is -2.45. The SMILES string of the molecule is C=C(OONC1=C(C(C)C)OO[C@@]1(CCCCC)CC[C@@H]1[C@H]2Cc3cccc(OCC(=O)OCc4ccccc4)c3C[C@H]2C[C@H]1O[Si](C)(C)C(C)(C)C)c1ccccc1. The maximum Gasteiger partial charge on any atom is 0.344 e. The Morgan fingerprint density at radius 3 is 2.39 bits per heavy atom. The number of fused-ring (bicyclic) bond motifs is 2. The van der Waals surface area contributed by atoms with E-state index in [1.54, 1.807) is 0 Å². The Morgan fingerprint density at radius 1 is 0.966 bits per heavy atom. The van der Waals surface area contributed by atoms with Crippen LogP contribution in [0, 0.1) is 23.7 Å². The zero-order chi connectivity index (χ0) is 42.2. The van der Waals surface area contributed by atoms with Crippen LogP contribution in [0.5, 0.6) is 5.75 Å². The van der Waals surface area contributed by atoms with E-state index in [1.165, 1.54) is 11.1 Å². The number of unbranched alkanes of at least 4 members (excludes halogenated alkanes) is 2. The molecule has 320 valence electrons. The molecule has 9 nitrogen and oxygen atoms in total. The summed E-state index contributed by atoms with van der Waals surface area (Å²) in [5, 5.41) is 0.0707. The first-order valence-corrected chi connectivity index (χ1v) is 24.7. The van der Waals surface area contributed by atoms with E-state index in [0.717, 1.165) is 86.1 Å². The summed E-state index contributed by atoms with van der Waals surface area (Å²) in [6.07, 6.45) is 8.42. The van der Waals surface area contributed by atoms with Crippen molar-refractivity contribution in [3.8, 4) is 5.75 Å². The zero-order valence-electron chi connectivity index (χ0n) is 36.6. The molecule has 3 aromatic carbocycles. The van der Waals surface area contributed by atoms with E-state index in [0.29, 0.717) is 23.5 Å². The van der Waals surface area contributed by atoms with E-state index in [4.69, 9.17) is 33.6 Å². The first-order chi connectivity index (χ1) is 28.2. The molecule has 6 rings (SSSR count). The molecule has 0 radical (unpaired) electrons. The van der Waals surface area contributed by atoms with Crippen molar-refractivity contribution >= 4 is 20.0 Å². The van der Waals surface area contributed by atoms with Gasteiger partial charge >= 0.3 is 5.97 Å². The molecule has 1 N–H and O–H groups in total. The van der Waals surface area contributed by atoms with Crippen LogP contribution < -0.4 is 10.2 Å². The molecule has 2 aliphatic carbocycles. The summed E-state index contributed by atoms with van der Waals surface area (Å²) in [5.74, 6) is 2.69. The number of nitrogens with one attached hydrogen (secondary N) is 1. The number of hydroxylamine groups is 1. The molecule has 0 unspecified atom stereocenters. The molecule has 1 aliphatic heterocycles. The van der Waals surface area contributed by atoms with Gasteiger partial charge in [0.15, 0.2) is 32.0 Å². The average molecular weight is 826 g/mol. The molecule has 0 saturated heterocycles. The molecule has 5 atom stereocenters. The van der Waals surface area contributed by atoms with E-state index in [2.05, 4.69) is 78.8 Å². The Bertz CT molecular complexity index is 1890. The van der Waals surface area contributed by atoms with Crippen LogP contribution in [0.15, 0.2) is 96.9 Å². The van der Waals surface area contributed by atoms with E-state index >= 15 is 0 Å². The highest BCUT2D eigenvalue weighted by atomic mass is 28.4. The second-order valence-corrected chi connectivity index (χ2v) is 23.3. The van der Waals surface area contributed by atoms with E-state index < -0.39 is 13.9 Å². The number of carbonyl (C=O) groups excluding carboxylic acids is 1. The molecule has 0 bridgehead atoms. The van der Waals surface area contributed by atoms with Gasteiger partial charge in [0.2, 0.25) is 0 Å². The predicted octanol–water partition coefficient (Wildman–Crippen LogP) is 11.6. The number of rotatable bonds is 20. The third kappa shape index (κ3) is 10.8. The van der Waals surface area contributed by atoms with E-state index in [-0.39, 0.29) is 36.2 Å². The monoisotopic (exact) mass is 825 g/mol. The zero-order valence-corrected chi connectivity index (χ0v) is 37.6. The fourth-order valence-corrected chi connectivity index (χ4v) is 10.2. The normalized spacial score (nSPS) is 22.7. The largest absolute Gasteiger partial charge is 0.482 e. The molecule has 59 heavy (non-hydrogen) atoms. The van der Waals surface area contributed by atoms with Crippen LogP contribution in [-0.4, -0.2) is 32.6 Å². The molecule has 1 fully saturated rings. The molecular weight excluding hydrogens is 759 g/mol. The maximum atomic E-state index is 12.8. The number of hydrogen-bond acceptors (Lipinski definition) is 9. The highest BCUT2D eigenvalue weighted by molar-refractivity contribution is 6.74. The van der Waals surface area contributed by atoms with Gasteiger partial charge in [0.05, 0.1) is 0 Å². The Morgan fingerprint density at radius 2 is 1.69 bits per heavy atom. The lowest BCUT2D eigenvalue weighted by atomic mass is 9.72. The Balaban J connectivity index is 1.22. The van der Waals surface area contributed by atoms with Gasteiger partial charge in [-0.25, -0.2) is 10.3 Å². The number of carbonyl (C=O) groups is 1. The summed E-state index contributed by atoms with van der Waals surface area (Å²) in [4.78, 5) is 36.8. The van der Waals surface area contributed by atoms with E-state index in [1.807, 2.05) is 66.7 Å². The van der Waals surface area contributed by atoms with Crippen molar-refractivity contribution in [3.63, 3.8) is 0 Å². The molecule has 3 aromatic rings. The second kappa shape index (κ2) is 19.5. The van der Waals surface area contributed by atoms with Crippen LogP contribution in [-0.2, 0) is 53.1 Å². The topological polar surface area (TPSA) is 93.7 Å². The Labute approximate surface area is 353 Å². The van der Waals surface area contributed by atoms with Crippen molar-refractivity contribution in [3.05, 3.63) is 119 Å². The van der Waals surface area contributed by atoms with Crippen molar-refractivity contribution in [1.29, 1.82) is 0 Å². The van der Waals surface area contributed by atoms with Gasteiger partial charge in [0, 0.05) is 17.6 Å². The Hall–Kier alpha value is -4.09. The van der Waals surface area contributed by atoms with Crippen LogP contribution in [0.3, 0.4) is 0 Å². The number of benzene rings is 3. The van der Waals surface area contributed by atoms with Crippen LogP contribution in [0.1, 0.15) is 109 Å². The van der Waals surface area contributed by atoms with Gasteiger partial charge < -0.3 is 23.7 Å². The molecule has 10 heteroatoms. The van der Waals surface area contributed by atoms with Crippen LogP contribution in [0.4, 0.5) is 0 Å². The van der Waals surface area contributed by atoms with Crippen molar-refractivity contribution < 1.29 is 38.3 Å². The maximum absolute atomic E-state index is 12.8. The van der Waals surface area contributed by atoms with Crippen molar-refractivity contribution in [2.24, 2.45) is 23.7 Å². The number of allylic oxidation sites excluding steroid dienone is 1. The van der Waals surface area contributed by atoms with E-state index in [9.17, 15) is 4.79 Å². The lowest BCUT2D eigenvalue weighted by molar-refractivity contribution is -0.316. The molecule has 1 saturated carbocycles. The summed E-state index contributed by atoms with van der Waals surface area (Å²) in [5.41, 5.74) is 7.45. The molecule has 0 aromatic heterocycles. The molecular formula is C49H67NO8Si. The van der Waals surface area contributed by atoms with Gasteiger partial charge in [-0.2, -0.15) is 4.89 Å². The summed E-state index contributed by atoms with van der Waals surface area (Å²) in [6, 6.07) is 25.7. The van der Waals surface area contributed by atoms with Crippen LogP contribution >= 0.6 is 0 Å². The Kier molecular flexibility index (Phi) is 14.7. The third-order valence-corrected chi connectivity index (χ3v) is 17.6. The van der Waals surface area contributed by atoms with Crippen molar-refractivity contribution in [1.82, 2.24) is 5.48 Å². The third-order valence-electron chi connectivity index (χ3n) is 13.1. The molecule has 3 aliphatic rings. The standard InChI is InChI=1S/C49H67NO8Si/c1-10-11-18-27-49(47(46(34(2)3)55-57-49)50-58-54-35(4)37-22-16-13-17-23-37)28-26-40-41-29-38-24-19-25-43(52-33-45(51)53-32-36-20-14-12-15-21-36)42(38)30-39(41)31-44(40)56-59(8,9)48(5,6)7/h12-17,19-25,34,39-41,44,50H,4,10-11,18,26-33H2,1-3,5-9H3/t39-,40+,41-,44+,49-/m0/s1. The van der Waals surface area contributed by atoms with Crippen molar-refractivity contribution in [2.45, 2.75) is 136 Å². The quantitative estimate of drug-likeness (QED) is 0.0298. The van der Waals surface area contributed by atoms with Gasteiger partial charge in [-0.15, -0.1) is 0 Å². The minimum Gasteiger partial charge on any atom is -0.482 e. The number of hydrogen-bond donors (Lipinski definition) is 1. The summed E-state index contributed by atoms with van der Waals surface area (Å²) in [6.45, 7) is 22.3. The summed E-state index contributed by atoms with van der Waals surface area (Å²) >= 11 is 0. The second-order valence-electron chi connectivity index (χ2n) is 18.6. The van der Waals surface area contributed by atoms with Gasteiger partial charge in [0.25, 0.3) is 0 Å². The van der Waals surface area contributed by atoms with Crippen LogP contribution in [0.2, 0.25) is 18.1 Å². The molecule has 0 spiro atoms. The fraction of sp³-hybridized carbons (Fsp3) is 0.531. The predicted molar refractivity (Wildman–Crippen MR) is 234 cm³/mol. The van der Waals surface area contributed by atoms with Crippen LogP contribution in [0.25, 0.3) is 5.76 Å². The van der Waals surface area contributed by atoms with Gasteiger partial charge in [-0.3, -0.25) is 0 Å². The van der Waals surface area contributed by atoms with Gasteiger partial charge in [0.1, 0.15) is 18.1 Å². The minimum atomic E-state index is -2.12. The fourth-order valence-electron chi connectivity index (χ4n) is 8.78. The van der Waals surface area contributed by atoms with Crippen molar-refractivity contribution in [2.75, 3.05) is 6.61 Å². The summed E-state index contributed by atoms with van der Waals surface area (Å²) in [7, 11) is -2.12. The first kappa shape index (κ1) is 44.5. The highest BCUT2D eigenvalue weighted by Crippen LogP contribution is 2.53. The smallest absolute Gasteiger partial charge is 0.344 e.